The minimum absolute atomic E-state index is 0.164. The van der Waals surface area contributed by atoms with Gasteiger partial charge in [-0.15, -0.1) is 10.2 Å². The van der Waals surface area contributed by atoms with Crippen LogP contribution in [0.2, 0.25) is 0 Å². The third-order valence-electron chi connectivity index (χ3n) is 3.26. The average Bonchev–Trinajstić information content (AvgIpc) is 2.81. The van der Waals surface area contributed by atoms with Gasteiger partial charge < -0.3 is 9.88 Å². The molecular formula is C13H17N5O2. The number of aromatic nitrogens is 3. The molecule has 0 amide bonds. The highest BCUT2D eigenvalue weighted by Crippen LogP contribution is 2.20. The fourth-order valence-electron chi connectivity index (χ4n) is 2.02. The SMILES string of the molecule is Cc1c(CNCCc2nncn2C)cccc1[N+](=O)[O-]. The van der Waals surface area contributed by atoms with Crippen molar-refractivity contribution in [3.8, 4) is 0 Å². The molecule has 1 N–H and O–H groups in total. The molecule has 2 aromatic rings. The Hall–Kier alpha value is -2.28. The van der Waals surface area contributed by atoms with E-state index >= 15 is 0 Å². The van der Waals surface area contributed by atoms with Gasteiger partial charge in [0.25, 0.3) is 5.69 Å². The molecular weight excluding hydrogens is 258 g/mol. The maximum Gasteiger partial charge on any atom is 0.272 e. The topological polar surface area (TPSA) is 85.9 Å². The monoisotopic (exact) mass is 275 g/mol. The van der Waals surface area contributed by atoms with Crippen LogP contribution in [0.1, 0.15) is 17.0 Å². The standard InChI is InChI=1S/C13H17N5O2/c1-10-11(4-3-5-12(10)18(19)20)8-14-7-6-13-16-15-9-17(13)2/h3-5,9,14H,6-8H2,1-2H3. The highest BCUT2D eigenvalue weighted by Gasteiger charge is 2.12. The van der Waals surface area contributed by atoms with E-state index in [0.29, 0.717) is 12.1 Å². The zero-order chi connectivity index (χ0) is 14.5. The van der Waals surface area contributed by atoms with E-state index in [9.17, 15) is 10.1 Å². The van der Waals surface area contributed by atoms with Crippen LogP contribution in [0.15, 0.2) is 24.5 Å². The molecule has 1 aromatic heterocycles. The molecule has 0 bridgehead atoms. The molecule has 106 valence electrons. The number of rotatable bonds is 6. The van der Waals surface area contributed by atoms with Crippen molar-refractivity contribution in [2.75, 3.05) is 6.54 Å². The lowest BCUT2D eigenvalue weighted by Gasteiger charge is -2.08. The number of benzene rings is 1. The molecule has 0 spiro atoms. The summed E-state index contributed by atoms with van der Waals surface area (Å²) in [6.07, 6.45) is 2.44. The zero-order valence-corrected chi connectivity index (χ0v) is 11.5. The first kappa shape index (κ1) is 14.1. The van der Waals surface area contributed by atoms with Crippen molar-refractivity contribution in [1.82, 2.24) is 20.1 Å². The summed E-state index contributed by atoms with van der Waals surface area (Å²) in [5.74, 6) is 0.910. The summed E-state index contributed by atoms with van der Waals surface area (Å²) in [6, 6.07) is 5.14. The predicted molar refractivity (Wildman–Crippen MR) is 74.2 cm³/mol. The lowest BCUT2D eigenvalue weighted by Crippen LogP contribution is -2.18. The van der Waals surface area contributed by atoms with E-state index in [1.807, 2.05) is 17.7 Å². The Balaban J connectivity index is 1.90. The Kier molecular flexibility index (Phi) is 4.41. The van der Waals surface area contributed by atoms with Crippen LogP contribution in [0.25, 0.3) is 0 Å². The highest BCUT2D eigenvalue weighted by atomic mass is 16.6. The van der Waals surface area contributed by atoms with E-state index < -0.39 is 0 Å². The second-order valence-corrected chi connectivity index (χ2v) is 4.60. The van der Waals surface area contributed by atoms with Crippen molar-refractivity contribution >= 4 is 5.69 Å². The van der Waals surface area contributed by atoms with Crippen molar-refractivity contribution in [3.05, 3.63) is 51.6 Å². The van der Waals surface area contributed by atoms with Gasteiger partial charge in [0.1, 0.15) is 12.2 Å². The molecule has 0 saturated heterocycles. The van der Waals surface area contributed by atoms with Gasteiger partial charge in [0.2, 0.25) is 0 Å². The maximum absolute atomic E-state index is 10.9. The summed E-state index contributed by atoms with van der Waals surface area (Å²) in [4.78, 5) is 10.5. The molecule has 0 aliphatic heterocycles. The van der Waals surface area contributed by atoms with E-state index in [4.69, 9.17) is 0 Å². The number of hydrogen-bond donors (Lipinski definition) is 1. The second-order valence-electron chi connectivity index (χ2n) is 4.60. The van der Waals surface area contributed by atoms with Gasteiger partial charge in [-0.2, -0.15) is 0 Å². The van der Waals surface area contributed by atoms with E-state index in [1.165, 1.54) is 6.07 Å². The summed E-state index contributed by atoms with van der Waals surface area (Å²) in [7, 11) is 1.90. The smallest absolute Gasteiger partial charge is 0.272 e. The van der Waals surface area contributed by atoms with Crippen LogP contribution in [0.5, 0.6) is 0 Å². The number of nitrogens with zero attached hydrogens (tertiary/aromatic N) is 4. The number of nitro groups is 1. The van der Waals surface area contributed by atoms with Gasteiger partial charge >= 0.3 is 0 Å². The molecule has 7 nitrogen and oxygen atoms in total. The van der Waals surface area contributed by atoms with Crippen molar-refractivity contribution in [1.29, 1.82) is 0 Å². The number of nitrogens with one attached hydrogen (secondary N) is 1. The van der Waals surface area contributed by atoms with Crippen LogP contribution in [-0.2, 0) is 20.0 Å². The first-order valence-electron chi connectivity index (χ1n) is 6.36. The van der Waals surface area contributed by atoms with Crippen molar-refractivity contribution in [2.24, 2.45) is 7.05 Å². The Morgan fingerprint density at radius 1 is 1.45 bits per heavy atom. The van der Waals surface area contributed by atoms with Gasteiger partial charge in [-0.25, -0.2) is 0 Å². The lowest BCUT2D eigenvalue weighted by molar-refractivity contribution is -0.385. The molecule has 0 atom stereocenters. The van der Waals surface area contributed by atoms with Gasteiger partial charge in [-0.3, -0.25) is 10.1 Å². The molecule has 20 heavy (non-hydrogen) atoms. The minimum atomic E-state index is -0.349. The number of hydrogen-bond acceptors (Lipinski definition) is 5. The Labute approximate surface area is 116 Å². The molecule has 1 aromatic carbocycles. The molecule has 0 saturated carbocycles. The molecule has 0 aliphatic carbocycles. The largest absolute Gasteiger partial charge is 0.321 e. The normalized spacial score (nSPS) is 10.7. The Bertz CT molecular complexity index is 609. The molecule has 1 heterocycles. The predicted octanol–water partition coefficient (Wildman–Crippen LogP) is 1.36. The van der Waals surface area contributed by atoms with Crippen molar-refractivity contribution < 1.29 is 4.92 Å². The lowest BCUT2D eigenvalue weighted by atomic mass is 10.1. The molecule has 0 fully saturated rings. The molecule has 7 heteroatoms. The molecule has 0 radical (unpaired) electrons. The van der Waals surface area contributed by atoms with E-state index in [-0.39, 0.29) is 10.6 Å². The van der Waals surface area contributed by atoms with Crippen LogP contribution in [0.4, 0.5) is 5.69 Å². The van der Waals surface area contributed by atoms with Crippen LogP contribution < -0.4 is 5.32 Å². The second kappa shape index (κ2) is 6.25. The number of nitro benzene ring substituents is 1. The average molecular weight is 275 g/mol. The van der Waals surface area contributed by atoms with E-state index in [0.717, 1.165) is 24.4 Å². The van der Waals surface area contributed by atoms with Gasteiger partial charge in [-0.05, 0) is 12.5 Å². The Morgan fingerprint density at radius 3 is 2.90 bits per heavy atom. The number of aryl methyl sites for hydroxylation is 1. The summed E-state index contributed by atoms with van der Waals surface area (Å²) in [5, 5.41) is 21.9. The summed E-state index contributed by atoms with van der Waals surface area (Å²) in [5.41, 5.74) is 1.82. The quantitative estimate of drug-likeness (QED) is 0.489. The van der Waals surface area contributed by atoms with Crippen LogP contribution in [-0.4, -0.2) is 26.2 Å². The fourth-order valence-corrected chi connectivity index (χ4v) is 2.02. The molecule has 0 unspecified atom stereocenters. The first-order chi connectivity index (χ1) is 9.59. The van der Waals surface area contributed by atoms with Crippen molar-refractivity contribution in [2.45, 2.75) is 19.9 Å². The summed E-state index contributed by atoms with van der Waals surface area (Å²) in [6.45, 7) is 3.12. The highest BCUT2D eigenvalue weighted by molar-refractivity contribution is 5.44. The van der Waals surface area contributed by atoms with Gasteiger partial charge in [-0.1, -0.05) is 12.1 Å². The zero-order valence-electron chi connectivity index (χ0n) is 11.5. The van der Waals surface area contributed by atoms with Crippen LogP contribution in [0, 0.1) is 17.0 Å². The first-order valence-corrected chi connectivity index (χ1v) is 6.36. The van der Waals surface area contributed by atoms with Crippen molar-refractivity contribution in [3.63, 3.8) is 0 Å². The van der Waals surface area contributed by atoms with Crippen LogP contribution in [0.3, 0.4) is 0 Å². The van der Waals surface area contributed by atoms with Crippen LogP contribution >= 0.6 is 0 Å². The van der Waals surface area contributed by atoms with Gasteiger partial charge in [0.15, 0.2) is 0 Å². The molecule has 0 aliphatic rings. The van der Waals surface area contributed by atoms with Gasteiger partial charge in [0.05, 0.1) is 4.92 Å². The van der Waals surface area contributed by atoms with E-state index in [1.54, 1.807) is 19.3 Å². The third kappa shape index (κ3) is 3.18. The summed E-state index contributed by atoms with van der Waals surface area (Å²) >= 11 is 0. The maximum atomic E-state index is 10.9. The van der Waals surface area contributed by atoms with Gasteiger partial charge in [0, 0.05) is 38.2 Å². The summed E-state index contributed by atoms with van der Waals surface area (Å²) < 4.78 is 1.88. The molecule has 2 rings (SSSR count). The Morgan fingerprint density at radius 2 is 2.25 bits per heavy atom. The fraction of sp³-hybridized carbons (Fsp3) is 0.385. The third-order valence-corrected chi connectivity index (χ3v) is 3.26. The minimum Gasteiger partial charge on any atom is -0.321 e. The van der Waals surface area contributed by atoms with E-state index in [2.05, 4.69) is 15.5 Å².